The van der Waals surface area contributed by atoms with Crippen LogP contribution in [-0.4, -0.2) is 36.3 Å². The van der Waals surface area contributed by atoms with Crippen LogP contribution in [0.4, 0.5) is 11.5 Å². The van der Waals surface area contributed by atoms with E-state index in [1.165, 1.54) is 5.56 Å². The van der Waals surface area contributed by atoms with Crippen molar-refractivity contribution in [1.29, 1.82) is 0 Å². The summed E-state index contributed by atoms with van der Waals surface area (Å²) >= 11 is 0. The second kappa shape index (κ2) is 9.39. The Kier molecular flexibility index (Phi) is 6.40. The summed E-state index contributed by atoms with van der Waals surface area (Å²) < 4.78 is 5.21. The third-order valence-corrected chi connectivity index (χ3v) is 6.08. The largest absolute Gasteiger partial charge is 0.497 e. The molecule has 1 N–H and O–H groups in total. The van der Waals surface area contributed by atoms with Crippen LogP contribution >= 0.6 is 0 Å². The van der Waals surface area contributed by atoms with E-state index in [0.717, 1.165) is 59.0 Å². The molecule has 1 aliphatic heterocycles. The maximum Gasteiger partial charge on any atom is 0.229 e. The predicted octanol–water partition coefficient (Wildman–Crippen LogP) is 4.93. The summed E-state index contributed by atoms with van der Waals surface area (Å²) in [4.78, 5) is 15.2. The number of carbonyl (C=O) groups is 1. The molecule has 1 aliphatic rings. The molecule has 1 atom stereocenters. The number of benzene rings is 2. The Labute approximate surface area is 189 Å². The fourth-order valence-corrected chi connectivity index (χ4v) is 4.41. The molecule has 166 valence electrons. The van der Waals surface area contributed by atoms with Gasteiger partial charge >= 0.3 is 0 Å². The minimum absolute atomic E-state index is 0.0764. The average Bonchev–Trinajstić information content (AvgIpc) is 2.81. The molecule has 1 aromatic heterocycles. The van der Waals surface area contributed by atoms with Crippen LogP contribution in [0.1, 0.15) is 29.5 Å². The number of nitrogens with zero attached hydrogens (tertiary/aromatic N) is 3. The molecule has 2 heterocycles. The molecule has 1 amide bonds. The second-order valence-corrected chi connectivity index (χ2v) is 8.55. The van der Waals surface area contributed by atoms with Gasteiger partial charge in [0.05, 0.1) is 18.7 Å². The highest BCUT2D eigenvalue weighted by Gasteiger charge is 2.27. The molecular weight excluding hydrogens is 400 g/mol. The standard InChI is InChI=1S/C26H30N4O2/c1-17-14-18(2)25(19(3)15-17)27-26(31)21-6-5-13-30(16-21)24-12-11-23(28-29-24)20-7-9-22(32-4)10-8-20/h7-12,14-15,21H,5-6,13,16H2,1-4H3,(H,27,31). The van der Waals surface area contributed by atoms with Gasteiger partial charge in [0.1, 0.15) is 5.75 Å². The number of rotatable bonds is 5. The van der Waals surface area contributed by atoms with Crippen LogP contribution in [0.2, 0.25) is 0 Å². The average molecular weight is 431 g/mol. The van der Waals surface area contributed by atoms with Crippen molar-refractivity contribution in [2.75, 3.05) is 30.4 Å². The number of methoxy groups -OCH3 is 1. The Bertz CT molecular complexity index is 1070. The van der Waals surface area contributed by atoms with E-state index < -0.39 is 0 Å². The second-order valence-electron chi connectivity index (χ2n) is 8.55. The molecule has 6 heteroatoms. The van der Waals surface area contributed by atoms with Gasteiger partial charge in [0, 0.05) is 24.3 Å². The first-order chi connectivity index (χ1) is 15.4. The SMILES string of the molecule is COc1ccc(-c2ccc(N3CCCC(C(=O)Nc4c(C)cc(C)cc4C)C3)nn2)cc1. The number of aryl methyl sites for hydroxylation is 3. The van der Waals surface area contributed by atoms with Gasteiger partial charge in [-0.25, -0.2) is 0 Å². The molecule has 6 nitrogen and oxygen atoms in total. The normalized spacial score (nSPS) is 16.0. The van der Waals surface area contributed by atoms with Gasteiger partial charge in [-0.15, -0.1) is 10.2 Å². The van der Waals surface area contributed by atoms with Gasteiger partial charge in [0.2, 0.25) is 5.91 Å². The summed E-state index contributed by atoms with van der Waals surface area (Å²) in [6, 6.07) is 15.9. The predicted molar refractivity (Wildman–Crippen MR) is 128 cm³/mol. The lowest BCUT2D eigenvalue weighted by Gasteiger charge is -2.32. The lowest BCUT2D eigenvalue weighted by molar-refractivity contribution is -0.120. The summed E-state index contributed by atoms with van der Waals surface area (Å²) in [5, 5.41) is 12.0. The van der Waals surface area contributed by atoms with E-state index in [4.69, 9.17) is 4.74 Å². The van der Waals surface area contributed by atoms with Crippen molar-refractivity contribution in [3.05, 3.63) is 65.2 Å². The summed E-state index contributed by atoms with van der Waals surface area (Å²) in [6.45, 7) is 7.69. The zero-order valence-corrected chi connectivity index (χ0v) is 19.2. The van der Waals surface area contributed by atoms with Gasteiger partial charge in [-0.1, -0.05) is 17.7 Å². The van der Waals surface area contributed by atoms with E-state index >= 15 is 0 Å². The summed E-state index contributed by atoms with van der Waals surface area (Å²) in [6.07, 6.45) is 1.83. The molecular formula is C26H30N4O2. The van der Waals surface area contributed by atoms with Crippen molar-refractivity contribution in [1.82, 2.24) is 10.2 Å². The maximum absolute atomic E-state index is 13.0. The van der Waals surface area contributed by atoms with E-state index in [9.17, 15) is 4.79 Å². The zero-order valence-electron chi connectivity index (χ0n) is 19.2. The summed E-state index contributed by atoms with van der Waals surface area (Å²) in [5.74, 6) is 1.62. The van der Waals surface area contributed by atoms with Crippen LogP contribution in [0, 0.1) is 26.7 Å². The van der Waals surface area contributed by atoms with Gasteiger partial charge in [-0.3, -0.25) is 4.79 Å². The third kappa shape index (κ3) is 4.74. The van der Waals surface area contributed by atoms with Gasteiger partial charge in [0.25, 0.3) is 0 Å². The highest BCUT2D eigenvalue weighted by molar-refractivity contribution is 5.94. The molecule has 1 saturated heterocycles. The summed E-state index contributed by atoms with van der Waals surface area (Å²) in [7, 11) is 1.65. The van der Waals surface area contributed by atoms with Gasteiger partial charge in [-0.05, 0) is 81.1 Å². The first kappa shape index (κ1) is 21.8. The number of aromatic nitrogens is 2. The van der Waals surface area contributed by atoms with Gasteiger partial charge in [-0.2, -0.15) is 0 Å². The number of anilines is 2. The van der Waals surface area contributed by atoms with Crippen LogP contribution in [-0.2, 0) is 4.79 Å². The van der Waals surface area contributed by atoms with Crippen LogP contribution in [0.25, 0.3) is 11.3 Å². The Morgan fingerprint density at radius 3 is 2.38 bits per heavy atom. The Hall–Kier alpha value is -3.41. The number of hydrogen-bond donors (Lipinski definition) is 1. The first-order valence-electron chi connectivity index (χ1n) is 11.1. The Morgan fingerprint density at radius 1 is 1.03 bits per heavy atom. The lowest BCUT2D eigenvalue weighted by atomic mass is 9.96. The van der Waals surface area contributed by atoms with Crippen molar-refractivity contribution >= 4 is 17.4 Å². The zero-order chi connectivity index (χ0) is 22.7. The van der Waals surface area contributed by atoms with Crippen LogP contribution < -0.4 is 15.0 Å². The smallest absolute Gasteiger partial charge is 0.229 e. The van der Waals surface area contributed by atoms with E-state index in [0.29, 0.717) is 6.54 Å². The third-order valence-electron chi connectivity index (χ3n) is 6.08. The molecule has 3 aromatic rings. The molecule has 0 saturated carbocycles. The van der Waals surface area contributed by atoms with Crippen molar-refractivity contribution in [3.8, 4) is 17.0 Å². The number of carbonyl (C=O) groups excluding carboxylic acids is 1. The number of amides is 1. The van der Waals surface area contributed by atoms with E-state index in [1.54, 1.807) is 7.11 Å². The topological polar surface area (TPSA) is 67.3 Å². The molecule has 32 heavy (non-hydrogen) atoms. The fourth-order valence-electron chi connectivity index (χ4n) is 4.41. The minimum atomic E-state index is -0.0769. The molecule has 0 aliphatic carbocycles. The molecule has 2 aromatic carbocycles. The Balaban J connectivity index is 1.44. The summed E-state index contributed by atoms with van der Waals surface area (Å²) in [5.41, 5.74) is 6.14. The quantitative estimate of drug-likeness (QED) is 0.621. The highest BCUT2D eigenvalue weighted by atomic mass is 16.5. The van der Waals surface area contributed by atoms with Gasteiger partial charge in [0.15, 0.2) is 5.82 Å². The molecule has 0 spiro atoms. The van der Waals surface area contributed by atoms with Crippen LogP contribution in [0.15, 0.2) is 48.5 Å². The maximum atomic E-state index is 13.0. The van der Waals surface area contributed by atoms with E-state index in [2.05, 4.69) is 39.5 Å². The first-order valence-corrected chi connectivity index (χ1v) is 11.1. The highest BCUT2D eigenvalue weighted by Crippen LogP contribution is 2.27. The van der Waals surface area contributed by atoms with Crippen molar-refractivity contribution in [2.24, 2.45) is 5.92 Å². The number of hydrogen-bond acceptors (Lipinski definition) is 5. The lowest BCUT2D eigenvalue weighted by Crippen LogP contribution is -2.41. The molecule has 0 bridgehead atoms. The van der Waals surface area contributed by atoms with E-state index in [1.807, 2.05) is 50.2 Å². The number of nitrogens with one attached hydrogen (secondary N) is 1. The van der Waals surface area contributed by atoms with Crippen molar-refractivity contribution in [3.63, 3.8) is 0 Å². The van der Waals surface area contributed by atoms with Crippen LogP contribution in [0.5, 0.6) is 5.75 Å². The number of piperidine rings is 1. The molecule has 1 fully saturated rings. The molecule has 1 unspecified atom stereocenters. The minimum Gasteiger partial charge on any atom is -0.497 e. The number of ether oxygens (including phenoxy) is 1. The van der Waals surface area contributed by atoms with Gasteiger partial charge < -0.3 is 15.0 Å². The van der Waals surface area contributed by atoms with E-state index in [-0.39, 0.29) is 11.8 Å². The Morgan fingerprint density at radius 2 is 1.75 bits per heavy atom. The molecule has 4 rings (SSSR count). The fraction of sp³-hybridized carbons (Fsp3) is 0.346. The molecule has 0 radical (unpaired) electrons. The van der Waals surface area contributed by atoms with Crippen LogP contribution in [0.3, 0.4) is 0 Å². The van der Waals surface area contributed by atoms with Crippen molar-refractivity contribution < 1.29 is 9.53 Å². The van der Waals surface area contributed by atoms with Crippen molar-refractivity contribution in [2.45, 2.75) is 33.6 Å². The monoisotopic (exact) mass is 430 g/mol.